The van der Waals surface area contributed by atoms with Crippen molar-refractivity contribution >= 4 is 27.9 Å². The molecule has 2 amide bonds. The summed E-state index contributed by atoms with van der Waals surface area (Å²) in [6, 6.07) is 5.50. The molecule has 1 aliphatic rings. The Balaban J connectivity index is 1.87. The van der Waals surface area contributed by atoms with E-state index in [9.17, 15) is 9.59 Å². The van der Waals surface area contributed by atoms with E-state index in [0.717, 1.165) is 23.1 Å². The molecule has 1 atom stereocenters. The molecule has 0 bridgehead atoms. The molecule has 2 rings (SSSR count). The lowest BCUT2D eigenvalue weighted by molar-refractivity contribution is -0.126. The van der Waals surface area contributed by atoms with E-state index >= 15 is 0 Å². The van der Waals surface area contributed by atoms with Crippen molar-refractivity contribution in [3.8, 4) is 0 Å². The Morgan fingerprint density at radius 3 is 3.00 bits per heavy atom. The van der Waals surface area contributed by atoms with E-state index in [1.54, 1.807) is 0 Å². The Bertz CT molecular complexity index is 509. The lowest BCUT2D eigenvalue weighted by atomic mass is 9.97. The molecule has 0 radical (unpaired) electrons. The van der Waals surface area contributed by atoms with Crippen LogP contribution in [-0.4, -0.2) is 40.1 Å². The van der Waals surface area contributed by atoms with Crippen LogP contribution in [0.15, 0.2) is 22.8 Å². The lowest BCUT2D eigenvalue weighted by Gasteiger charge is -2.29. The van der Waals surface area contributed by atoms with E-state index in [0.29, 0.717) is 13.1 Å². The van der Waals surface area contributed by atoms with E-state index in [4.69, 9.17) is 5.11 Å². The minimum absolute atomic E-state index is 0.113. The van der Waals surface area contributed by atoms with Gasteiger partial charge >= 0.3 is 6.09 Å². The number of carboxylic acid groups (broad SMARTS) is 1. The SMILES string of the molecule is O=C(NCc1cccc(Br)n1)C1CCCN(C(=O)O)C1. The van der Waals surface area contributed by atoms with E-state index in [1.165, 1.54) is 4.90 Å². The Morgan fingerprint density at radius 1 is 1.50 bits per heavy atom. The zero-order valence-corrected chi connectivity index (χ0v) is 12.5. The number of nitrogens with zero attached hydrogens (tertiary/aromatic N) is 2. The Morgan fingerprint density at radius 2 is 2.30 bits per heavy atom. The quantitative estimate of drug-likeness (QED) is 0.822. The second kappa shape index (κ2) is 6.69. The summed E-state index contributed by atoms with van der Waals surface area (Å²) in [4.78, 5) is 28.5. The van der Waals surface area contributed by atoms with Gasteiger partial charge in [0.05, 0.1) is 18.2 Å². The van der Waals surface area contributed by atoms with Crippen LogP contribution in [0, 0.1) is 5.92 Å². The van der Waals surface area contributed by atoms with Gasteiger partial charge in [0.15, 0.2) is 0 Å². The molecule has 0 spiro atoms. The molecule has 20 heavy (non-hydrogen) atoms. The molecule has 1 aromatic rings. The summed E-state index contributed by atoms with van der Waals surface area (Å²) < 4.78 is 0.721. The number of nitrogens with one attached hydrogen (secondary N) is 1. The van der Waals surface area contributed by atoms with Gasteiger partial charge in [-0.05, 0) is 40.9 Å². The number of pyridine rings is 1. The van der Waals surface area contributed by atoms with Crippen LogP contribution >= 0.6 is 15.9 Å². The van der Waals surface area contributed by atoms with Crippen molar-refractivity contribution in [2.24, 2.45) is 5.92 Å². The molecule has 108 valence electrons. The summed E-state index contributed by atoms with van der Waals surface area (Å²) >= 11 is 3.27. The number of carbonyl (C=O) groups is 2. The van der Waals surface area contributed by atoms with Crippen molar-refractivity contribution in [1.29, 1.82) is 0 Å². The van der Waals surface area contributed by atoms with Gasteiger partial charge in [0.2, 0.25) is 5.91 Å². The lowest BCUT2D eigenvalue weighted by Crippen LogP contribution is -2.44. The number of hydrogen-bond donors (Lipinski definition) is 2. The standard InChI is InChI=1S/C13H16BrN3O3/c14-11-5-1-4-10(16-11)7-15-12(18)9-3-2-6-17(8-9)13(19)20/h1,4-5,9H,2-3,6-8H2,(H,15,18)(H,19,20). The largest absolute Gasteiger partial charge is 0.465 e. The van der Waals surface area contributed by atoms with Crippen molar-refractivity contribution in [3.63, 3.8) is 0 Å². The topological polar surface area (TPSA) is 82.5 Å². The molecule has 2 N–H and O–H groups in total. The van der Waals surface area contributed by atoms with Gasteiger partial charge in [0.1, 0.15) is 4.60 Å². The predicted octanol–water partition coefficient (Wildman–Crippen LogP) is 1.85. The average Bonchev–Trinajstić information content (AvgIpc) is 2.45. The van der Waals surface area contributed by atoms with Gasteiger partial charge in [0.25, 0.3) is 0 Å². The third-order valence-corrected chi connectivity index (χ3v) is 3.72. The first-order valence-corrected chi connectivity index (χ1v) is 7.22. The van der Waals surface area contributed by atoms with Crippen LogP contribution in [0.25, 0.3) is 0 Å². The van der Waals surface area contributed by atoms with Crippen LogP contribution in [0.4, 0.5) is 4.79 Å². The minimum atomic E-state index is -0.962. The highest BCUT2D eigenvalue weighted by atomic mass is 79.9. The fourth-order valence-corrected chi connectivity index (χ4v) is 2.62. The van der Waals surface area contributed by atoms with E-state index in [1.807, 2.05) is 18.2 Å². The number of amides is 2. The van der Waals surface area contributed by atoms with Gasteiger partial charge in [-0.15, -0.1) is 0 Å². The molecule has 0 aromatic carbocycles. The summed E-state index contributed by atoms with van der Waals surface area (Å²) in [6.45, 7) is 1.13. The zero-order valence-electron chi connectivity index (χ0n) is 10.9. The summed E-state index contributed by atoms with van der Waals surface area (Å²) in [6.07, 6.45) is 0.484. The number of piperidine rings is 1. The maximum atomic E-state index is 12.1. The van der Waals surface area contributed by atoms with Crippen LogP contribution in [-0.2, 0) is 11.3 Å². The van der Waals surface area contributed by atoms with Gasteiger partial charge in [-0.1, -0.05) is 6.07 Å². The number of hydrogen-bond acceptors (Lipinski definition) is 3. The fraction of sp³-hybridized carbons (Fsp3) is 0.462. The van der Waals surface area contributed by atoms with Crippen LogP contribution in [0.1, 0.15) is 18.5 Å². The summed E-state index contributed by atoms with van der Waals surface area (Å²) in [5, 5.41) is 11.8. The Labute approximate surface area is 125 Å². The van der Waals surface area contributed by atoms with Crippen LogP contribution in [0.3, 0.4) is 0 Å². The molecule has 2 heterocycles. The highest BCUT2D eigenvalue weighted by Gasteiger charge is 2.27. The minimum Gasteiger partial charge on any atom is -0.465 e. The summed E-state index contributed by atoms with van der Waals surface area (Å²) in [5.74, 6) is -0.385. The predicted molar refractivity (Wildman–Crippen MR) is 76.1 cm³/mol. The second-order valence-corrected chi connectivity index (χ2v) is 5.55. The third-order valence-electron chi connectivity index (χ3n) is 3.28. The van der Waals surface area contributed by atoms with Crippen molar-refractivity contribution < 1.29 is 14.7 Å². The maximum Gasteiger partial charge on any atom is 0.407 e. The van der Waals surface area contributed by atoms with E-state index < -0.39 is 6.09 Å². The molecule has 1 aliphatic heterocycles. The zero-order chi connectivity index (χ0) is 14.5. The molecule has 0 aliphatic carbocycles. The van der Waals surface area contributed by atoms with Crippen molar-refractivity contribution in [3.05, 3.63) is 28.5 Å². The number of rotatable bonds is 3. The molecule has 0 saturated carbocycles. The number of halogens is 1. The normalized spacial score (nSPS) is 18.6. The second-order valence-electron chi connectivity index (χ2n) is 4.74. The maximum absolute atomic E-state index is 12.1. The van der Waals surface area contributed by atoms with Gasteiger partial charge in [0, 0.05) is 13.1 Å². The van der Waals surface area contributed by atoms with Crippen molar-refractivity contribution in [1.82, 2.24) is 15.2 Å². The van der Waals surface area contributed by atoms with E-state index in [-0.39, 0.29) is 18.4 Å². The first-order valence-electron chi connectivity index (χ1n) is 6.43. The molecule has 1 saturated heterocycles. The van der Waals surface area contributed by atoms with Crippen molar-refractivity contribution in [2.75, 3.05) is 13.1 Å². The summed E-state index contributed by atoms with van der Waals surface area (Å²) in [5.41, 5.74) is 0.763. The molecule has 1 aromatic heterocycles. The van der Waals surface area contributed by atoms with Gasteiger partial charge < -0.3 is 15.3 Å². The molecule has 7 heteroatoms. The number of aromatic nitrogens is 1. The molecule has 1 unspecified atom stereocenters. The molecular weight excluding hydrogens is 326 g/mol. The van der Waals surface area contributed by atoms with Crippen LogP contribution in [0.5, 0.6) is 0 Å². The van der Waals surface area contributed by atoms with E-state index in [2.05, 4.69) is 26.2 Å². The van der Waals surface area contributed by atoms with Crippen molar-refractivity contribution in [2.45, 2.75) is 19.4 Å². The Kier molecular flexibility index (Phi) is 4.94. The molecular formula is C13H16BrN3O3. The monoisotopic (exact) mass is 341 g/mol. The fourth-order valence-electron chi connectivity index (χ4n) is 2.24. The first kappa shape index (κ1) is 14.8. The molecule has 6 nitrogen and oxygen atoms in total. The van der Waals surface area contributed by atoms with Crippen LogP contribution < -0.4 is 5.32 Å². The van der Waals surface area contributed by atoms with Gasteiger partial charge in [-0.2, -0.15) is 0 Å². The molecule has 1 fully saturated rings. The highest BCUT2D eigenvalue weighted by molar-refractivity contribution is 9.10. The summed E-state index contributed by atoms with van der Waals surface area (Å²) in [7, 11) is 0. The van der Waals surface area contributed by atoms with Gasteiger partial charge in [-0.25, -0.2) is 9.78 Å². The first-order chi connectivity index (χ1) is 9.56. The highest BCUT2D eigenvalue weighted by Crippen LogP contribution is 2.17. The number of likely N-dealkylation sites (tertiary alicyclic amines) is 1. The van der Waals surface area contributed by atoms with Gasteiger partial charge in [-0.3, -0.25) is 4.79 Å². The average molecular weight is 342 g/mol. The smallest absolute Gasteiger partial charge is 0.407 e. The third kappa shape index (κ3) is 3.93. The van der Waals surface area contributed by atoms with Crippen LogP contribution in [0.2, 0.25) is 0 Å². The Hall–Kier alpha value is -1.63. The number of carbonyl (C=O) groups excluding carboxylic acids is 1.